The van der Waals surface area contributed by atoms with Gasteiger partial charge in [-0.1, -0.05) is 5.16 Å². The number of carbonyl (C=O) groups is 1. The van der Waals surface area contributed by atoms with Crippen LogP contribution in [0.3, 0.4) is 0 Å². The number of nitrogens with zero attached hydrogens (tertiary/aromatic N) is 2. The van der Waals surface area contributed by atoms with Gasteiger partial charge < -0.3 is 15.6 Å². The van der Waals surface area contributed by atoms with E-state index in [2.05, 4.69) is 15.5 Å². The summed E-state index contributed by atoms with van der Waals surface area (Å²) in [5, 5.41) is 7.31. The van der Waals surface area contributed by atoms with Gasteiger partial charge in [0.05, 0.1) is 16.6 Å². The Morgan fingerprint density at radius 3 is 3.18 bits per heavy atom. The molecule has 0 aromatic carbocycles. The Bertz CT molecular complexity index is 535. The van der Waals surface area contributed by atoms with E-state index in [1.54, 1.807) is 6.07 Å². The smallest absolute Gasteiger partial charge is 0.257 e. The molecule has 2 aromatic heterocycles. The highest BCUT2D eigenvalue weighted by molar-refractivity contribution is 5.96. The van der Waals surface area contributed by atoms with Crippen LogP contribution in [0.2, 0.25) is 0 Å². The second-order valence-electron chi connectivity index (χ2n) is 3.74. The van der Waals surface area contributed by atoms with Gasteiger partial charge in [-0.05, 0) is 26.0 Å². The van der Waals surface area contributed by atoms with E-state index < -0.39 is 0 Å². The molecule has 0 saturated heterocycles. The van der Waals surface area contributed by atoms with Crippen molar-refractivity contribution in [3.63, 3.8) is 0 Å². The summed E-state index contributed by atoms with van der Waals surface area (Å²) in [6.45, 7) is 2.93. The predicted molar refractivity (Wildman–Crippen MR) is 62.5 cm³/mol. The normalized spacial score (nSPS) is 10.7. The van der Waals surface area contributed by atoms with E-state index >= 15 is 0 Å². The van der Waals surface area contributed by atoms with Crippen molar-refractivity contribution >= 4 is 17.0 Å². The zero-order chi connectivity index (χ0) is 12.3. The van der Waals surface area contributed by atoms with E-state index in [4.69, 9.17) is 10.3 Å². The van der Waals surface area contributed by atoms with Gasteiger partial charge in [-0.25, -0.2) is 4.98 Å². The van der Waals surface area contributed by atoms with Crippen molar-refractivity contribution in [3.05, 3.63) is 23.5 Å². The number of carbonyl (C=O) groups excluding carboxylic acids is 1. The molecular weight excluding hydrogens is 220 g/mol. The molecule has 3 N–H and O–H groups in total. The number of rotatable bonds is 4. The molecule has 2 heterocycles. The van der Waals surface area contributed by atoms with Crippen LogP contribution in [-0.2, 0) is 0 Å². The van der Waals surface area contributed by atoms with Crippen LogP contribution in [0.4, 0.5) is 0 Å². The van der Waals surface area contributed by atoms with Gasteiger partial charge in [0.2, 0.25) is 0 Å². The van der Waals surface area contributed by atoms with Crippen molar-refractivity contribution in [2.45, 2.75) is 13.3 Å². The number of hydrogen-bond acceptors (Lipinski definition) is 5. The summed E-state index contributed by atoms with van der Waals surface area (Å²) < 4.78 is 4.97. The molecule has 0 unspecified atom stereocenters. The van der Waals surface area contributed by atoms with Gasteiger partial charge in [0.25, 0.3) is 11.6 Å². The number of amides is 1. The second-order valence-corrected chi connectivity index (χ2v) is 3.74. The number of aryl methyl sites for hydroxylation is 1. The maximum absolute atomic E-state index is 11.8. The lowest BCUT2D eigenvalue weighted by molar-refractivity contribution is 0.0953. The van der Waals surface area contributed by atoms with Crippen LogP contribution in [0.5, 0.6) is 0 Å². The first-order chi connectivity index (χ1) is 8.22. The zero-order valence-corrected chi connectivity index (χ0v) is 9.56. The molecule has 90 valence electrons. The van der Waals surface area contributed by atoms with E-state index in [0.717, 1.165) is 17.5 Å². The average molecular weight is 234 g/mol. The zero-order valence-electron chi connectivity index (χ0n) is 9.56. The van der Waals surface area contributed by atoms with Gasteiger partial charge in [-0.15, -0.1) is 0 Å². The highest BCUT2D eigenvalue weighted by atomic mass is 16.5. The fraction of sp³-hybridized carbons (Fsp3) is 0.364. The fourth-order valence-corrected chi connectivity index (χ4v) is 1.48. The number of aromatic nitrogens is 2. The van der Waals surface area contributed by atoms with Gasteiger partial charge >= 0.3 is 0 Å². The van der Waals surface area contributed by atoms with Gasteiger partial charge in [0.1, 0.15) is 0 Å². The third kappa shape index (κ3) is 2.42. The van der Waals surface area contributed by atoms with E-state index in [0.29, 0.717) is 24.4 Å². The summed E-state index contributed by atoms with van der Waals surface area (Å²) in [5.74, 6) is -0.159. The summed E-state index contributed by atoms with van der Waals surface area (Å²) in [4.78, 5) is 15.8. The van der Waals surface area contributed by atoms with E-state index in [1.807, 2.05) is 6.92 Å². The number of hydrogen-bond donors (Lipinski definition) is 2. The molecule has 0 aliphatic heterocycles. The average Bonchev–Trinajstić information content (AvgIpc) is 2.71. The monoisotopic (exact) mass is 234 g/mol. The summed E-state index contributed by atoms with van der Waals surface area (Å²) in [5.41, 5.74) is 7.02. The Balaban J connectivity index is 2.17. The number of nitrogens with one attached hydrogen (secondary N) is 1. The Hall–Kier alpha value is -1.95. The van der Waals surface area contributed by atoms with Gasteiger partial charge in [-0.2, -0.15) is 0 Å². The second kappa shape index (κ2) is 4.92. The highest BCUT2D eigenvalue weighted by Crippen LogP contribution is 2.16. The number of fused-ring (bicyclic) bond motifs is 1. The van der Waals surface area contributed by atoms with Gasteiger partial charge in [0.15, 0.2) is 0 Å². The molecule has 2 rings (SSSR count). The molecule has 0 atom stereocenters. The van der Waals surface area contributed by atoms with Crippen LogP contribution in [-0.4, -0.2) is 29.1 Å². The van der Waals surface area contributed by atoms with E-state index in [1.165, 1.54) is 6.20 Å². The third-order valence-electron chi connectivity index (χ3n) is 2.44. The molecule has 2 aromatic rings. The summed E-state index contributed by atoms with van der Waals surface area (Å²) in [6, 6.07) is 1.73. The van der Waals surface area contributed by atoms with Gasteiger partial charge in [-0.3, -0.25) is 4.79 Å². The molecule has 0 aliphatic carbocycles. The first-order valence-corrected chi connectivity index (χ1v) is 5.42. The third-order valence-corrected chi connectivity index (χ3v) is 2.44. The molecule has 6 heteroatoms. The van der Waals surface area contributed by atoms with Crippen molar-refractivity contribution in [1.82, 2.24) is 15.5 Å². The molecule has 0 saturated carbocycles. The Labute approximate surface area is 98.2 Å². The summed E-state index contributed by atoms with van der Waals surface area (Å²) >= 11 is 0. The molecular formula is C11H14N4O2. The van der Waals surface area contributed by atoms with Crippen molar-refractivity contribution in [3.8, 4) is 0 Å². The summed E-state index contributed by atoms with van der Waals surface area (Å²) in [6.07, 6.45) is 2.23. The Kier molecular flexibility index (Phi) is 3.34. The van der Waals surface area contributed by atoms with Crippen LogP contribution in [0, 0.1) is 6.92 Å². The van der Waals surface area contributed by atoms with Crippen molar-refractivity contribution < 1.29 is 9.32 Å². The number of nitrogens with two attached hydrogens (primary N) is 1. The van der Waals surface area contributed by atoms with E-state index in [-0.39, 0.29) is 5.91 Å². The minimum absolute atomic E-state index is 0.159. The molecule has 1 amide bonds. The minimum Gasteiger partial charge on any atom is -0.352 e. The molecule has 0 bridgehead atoms. The van der Waals surface area contributed by atoms with Crippen molar-refractivity contribution in [2.24, 2.45) is 5.73 Å². The molecule has 0 fully saturated rings. The first kappa shape index (κ1) is 11.5. The Morgan fingerprint density at radius 1 is 1.59 bits per heavy atom. The maximum atomic E-state index is 11.8. The highest BCUT2D eigenvalue weighted by Gasteiger charge is 2.10. The molecule has 0 spiro atoms. The van der Waals surface area contributed by atoms with Crippen LogP contribution >= 0.6 is 0 Å². The van der Waals surface area contributed by atoms with Crippen LogP contribution in [0.1, 0.15) is 22.5 Å². The summed E-state index contributed by atoms with van der Waals surface area (Å²) in [7, 11) is 0. The van der Waals surface area contributed by atoms with Crippen molar-refractivity contribution in [2.75, 3.05) is 13.1 Å². The van der Waals surface area contributed by atoms with E-state index in [9.17, 15) is 4.79 Å². The lowest BCUT2D eigenvalue weighted by Crippen LogP contribution is -2.26. The van der Waals surface area contributed by atoms with Crippen LogP contribution < -0.4 is 11.1 Å². The fourth-order valence-electron chi connectivity index (χ4n) is 1.48. The lowest BCUT2D eigenvalue weighted by Gasteiger charge is -2.03. The molecule has 17 heavy (non-hydrogen) atoms. The number of pyridine rings is 1. The van der Waals surface area contributed by atoms with Crippen LogP contribution in [0.15, 0.2) is 16.8 Å². The van der Waals surface area contributed by atoms with Crippen molar-refractivity contribution in [1.29, 1.82) is 0 Å². The van der Waals surface area contributed by atoms with Gasteiger partial charge in [0, 0.05) is 12.7 Å². The lowest BCUT2D eigenvalue weighted by atomic mass is 10.2. The first-order valence-electron chi connectivity index (χ1n) is 5.42. The SMILES string of the molecule is Cc1noc2ncc(C(=O)NCCCN)cc12. The quantitative estimate of drug-likeness (QED) is 0.756. The molecule has 0 radical (unpaired) electrons. The standard InChI is InChI=1S/C11H14N4O2/c1-7-9-5-8(6-14-11(9)17-15-7)10(16)13-4-2-3-12/h5-6H,2-4,12H2,1H3,(H,13,16). The minimum atomic E-state index is -0.159. The maximum Gasteiger partial charge on any atom is 0.257 e. The van der Waals surface area contributed by atoms with Crippen LogP contribution in [0.25, 0.3) is 11.1 Å². The largest absolute Gasteiger partial charge is 0.352 e. The molecule has 0 aliphatic rings. The molecule has 6 nitrogen and oxygen atoms in total. The topological polar surface area (TPSA) is 94.0 Å². The predicted octanol–water partition coefficient (Wildman–Crippen LogP) is 0.610. The Morgan fingerprint density at radius 2 is 2.41 bits per heavy atom.